The molecule has 0 radical (unpaired) electrons. The number of benzene rings is 2. The monoisotopic (exact) mass is 512 g/mol. The van der Waals surface area contributed by atoms with Gasteiger partial charge < -0.3 is 14.6 Å². The Labute approximate surface area is 219 Å². The smallest absolute Gasteiger partial charge is 0.371 e. The molecule has 9 nitrogen and oxygen atoms in total. The first-order valence-electron chi connectivity index (χ1n) is 12.6. The van der Waals surface area contributed by atoms with E-state index in [0.717, 1.165) is 18.5 Å². The summed E-state index contributed by atoms with van der Waals surface area (Å²) in [5, 5.41) is 29.3. The van der Waals surface area contributed by atoms with Crippen molar-refractivity contribution in [3.63, 3.8) is 0 Å². The van der Waals surface area contributed by atoms with Gasteiger partial charge in [-0.2, -0.15) is 10.1 Å². The molecule has 1 amide bonds. The Kier molecular flexibility index (Phi) is 5.32. The number of carboxylic acids is 1. The first-order valence-corrected chi connectivity index (χ1v) is 12.6. The molecule has 38 heavy (non-hydrogen) atoms. The summed E-state index contributed by atoms with van der Waals surface area (Å²) >= 11 is 0. The summed E-state index contributed by atoms with van der Waals surface area (Å²) in [6.45, 7) is 6.76. The van der Waals surface area contributed by atoms with Crippen LogP contribution in [-0.2, 0) is 23.1 Å². The number of hydrogen-bond acceptors (Lipinski definition) is 7. The van der Waals surface area contributed by atoms with Crippen molar-refractivity contribution in [2.75, 3.05) is 11.6 Å². The zero-order chi connectivity index (χ0) is 26.8. The molecule has 194 valence electrons. The summed E-state index contributed by atoms with van der Waals surface area (Å²) in [7, 11) is 0. The fourth-order valence-corrected chi connectivity index (χ4v) is 5.33. The molecule has 1 unspecified atom stereocenters. The van der Waals surface area contributed by atoms with Gasteiger partial charge in [-0.25, -0.2) is 4.79 Å². The van der Waals surface area contributed by atoms with Gasteiger partial charge in [0.1, 0.15) is 22.9 Å². The van der Waals surface area contributed by atoms with Crippen molar-refractivity contribution in [1.29, 1.82) is 0 Å². The summed E-state index contributed by atoms with van der Waals surface area (Å²) in [4.78, 5) is 29.4. The van der Waals surface area contributed by atoms with E-state index in [0.29, 0.717) is 35.5 Å². The molecule has 3 aliphatic rings. The highest BCUT2D eigenvalue weighted by molar-refractivity contribution is 6.71. The fourth-order valence-electron chi connectivity index (χ4n) is 5.33. The van der Waals surface area contributed by atoms with Gasteiger partial charge in [-0.3, -0.25) is 15.1 Å². The highest BCUT2D eigenvalue weighted by atomic mass is 16.4. The molecule has 3 N–H and O–H groups in total. The number of carbonyl (C=O) groups excluding carboxylic acids is 1. The van der Waals surface area contributed by atoms with Gasteiger partial charge in [0.2, 0.25) is 5.76 Å². The van der Waals surface area contributed by atoms with Crippen LogP contribution in [0.15, 0.2) is 63.0 Å². The number of aryl methyl sites for hydroxylation is 1. The number of amides is 1. The average Bonchev–Trinajstić information content (AvgIpc) is 3.19. The summed E-state index contributed by atoms with van der Waals surface area (Å²) in [5.74, 6) is -1.42. The van der Waals surface area contributed by atoms with Crippen LogP contribution in [0.3, 0.4) is 0 Å². The Morgan fingerprint density at radius 3 is 2.71 bits per heavy atom. The number of rotatable bonds is 6. The lowest BCUT2D eigenvalue weighted by molar-refractivity contribution is -0.112. The standard InChI is InChI=1S/C29H28N4O5/c1-16-24(26(35)33(32-16)19-8-7-17-11-12-28(2,3)21(17)13-19)31-29(15-30-29)14-18-5-4-6-20(25(18)34)22-9-10-23(38-22)27(36)37/h4-10,13,30,34H,11-12,14-15H2,1-3H3,(H,36,37). The molecule has 1 aliphatic carbocycles. The van der Waals surface area contributed by atoms with Crippen LogP contribution < -0.4 is 10.3 Å². The number of phenolic OH excluding ortho intramolecular Hbond substituents is 1. The third-order valence-corrected chi connectivity index (χ3v) is 7.67. The first kappa shape index (κ1) is 24.1. The molecule has 3 aromatic rings. The van der Waals surface area contributed by atoms with Crippen LogP contribution in [0.1, 0.15) is 54.4 Å². The molecule has 0 spiro atoms. The second-order valence-electron chi connectivity index (χ2n) is 10.8. The second-order valence-corrected chi connectivity index (χ2v) is 10.8. The average molecular weight is 513 g/mol. The minimum Gasteiger partial charge on any atom is -0.507 e. The van der Waals surface area contributed by atoms with Crippen LogP contribution in [0, 0.1) is 0 Å². The molecule has 9 heteroatoms. The van der Waals surface area contributed by atoms with Crippen LogP contribution in [-0.4, -0.2) is 45.7 Å². The number of nitrogens with one attached hydrogen (secondary N) is 1. The number of carbonyl (C=O) groups is 2. The van der Waals surface area contributed by atoms with Crippen molar-refractivity contribution in [3.05, 3.63) is 71.0 Å². The highest BCUT2D eigenvalue weighted by Crippen LogP contribution is 2.41. The maximum atomic E-state index is 13.4. The Morgan fingerprint density at radius 2 is 2.00 bits per heavy atom. The number of furan rings is 1. The van der Waals surface area contributed by atoms with Gasteiger partial charge in [-0.1, -0.05) is 32.0 Å². The van der Waals surface area contributed by atoms with Crippen molar-refractivity contribution < 1.29 is 24.2 Å². The summed E-state index contributed by atoms with van der Waals surface area (Å²) in [5.41, 5.74) is 4.44. The van der Waals surface area contributed by atoms with E-state index in [-0.39, 0.29) is 28.6 Å². The number of aromatic carboxylic acids is 1. The van der Waals surface area contributed by atoms with E-state index in [9.17, 15) is 14.7 Å². The molecule has 3 heterocycles. The molecule has 1 saturated heterocycles. The summed E-state index contributed by atoms with van der Waals surface area (Å²) in [6, 6.07) is 14.2. The third kappa shape index (κ3) is 3.99. The van der Waals surface area contributed by atoms with Crippen molar-refractivity contribution in [2.45, 2.75) is 51.1 Å². The molecule has 6 rings (SSSR count). The number of hydrogen-bond donors (Lipinski definition) is 3. The van der Waals surface area contributed by atoms with E-state index >= 15 is 0 Å². The number of aromatic hydroxyl groups is 1. The zero-order valence-corrected chi connectivity index (χ0v) is 21.4. The van der Waals surface area contributed by atoms with Gasteiger partial charge in [0.15, 0.2) is 0 Å². The maximum absolute atomic E-state index is 13.4. The largest absolute Gasteiger partial charge is 0.507 e. The SMILES string of the molecule is CC1=NN(c2ccc3c(c2)C(C)(C)CC3)C(=O)C1=NC1(Cc2cccc(-c3ccc(C(=O)O)o3)c2O)CN1. The Bertz CT molecular complexity index is 1560. The van der Waals surface area contributed by atoms with Crippen molar-refractivity contribution >= 4 is 29.0 Å². The van der Waals surface area contributed by atoms with Gasteiger partial charge in [0, 0.05) is 13.0 Å². The lowest BCUT2D eigenvalue weighted by Crippen LogP contribution is -2.30. The number of hydrazone groups is 1. The fraction of sp³-hybridized carbons (Fsp3) is 0.310. The van der Waals surface area contributed by atoms with Crippen molar-refractivity contribution in [2.24, 2.45) is 10.1 Å². The van der Waals surface area contributed by atoms with E-state index in [1.165, 1.54) is 28.3 Å². The van der Waals surface area contributed by atoms with Crippen LogP contribution in [0.4, 0.5) is 5.69 Å². The Balaban J connectivity index is 1.26. The topological polar surface area (TPSA) is 138 Å². The number of phenols is 1. The molecular formula is C29H28N4O5. The predicted octanol–water partition coefficient (Wildman–Crippen LogP) is 4.28. The quantitative estimate of drug-likeness (QED) is 0.422. The summed E-state index contributed by atoms with van der Waals surface area (Å²) < 4.78 is 5.37. The Hall–Kier alpha value is -4.24. The Morgan fingerprint density at radius 1 is 1.21 bits per heavy atom. The van der Waals surface area contributed by atoms with Crippen LogP contribution in [0.25, 0.3) is 11.3 Å². The van der Waals surface area contributed by atoms with E-state index in [4.69, 9.17) is 14.5 Å². The lowest BCUT2D eigenvalue weighted by atomic mass is 9.86. The van der Waals surface area contributed by atoms with Gasteiger partial charge in [-0.15, -0.1) is 0 Å². The van der Waals surface area contributed by atoms with Crippen LogP contribution >= 0.6 is 0 Å². The van der Waals surface area contributed by atoms with E-state index in [1.54, 1.807) is 25.1 Å². The number of fused-ring (bicyclic) bond motifs is 1. The number of nitrogens with zero attached hydrogens (tertiary/aromatic N) is 3. The lowest BCUT2D eigenvalue weighted by Gasteiger charge is -2.21. The molecular weight excluding hydrogens is 484 g/mol. The number of anilines is 1. The first-order chi connectivity index (χ1) is 18.1. The summed E-state index contributed by atoms with van der Waals surface area (Å²) in [6.07, 6.45) is 2.45. The number of para-hydroxylation sites is 1. The molecule has 0 bridgehead atoms. The third-order valence-electron chi connectivity index (χ3n) is 7.67. The van der Waals surface area contributed by atoms with E-state index in [2.05, 4.69) is 36.4 Å². The second kappa shape index (κ2) is 8.39. The van der Waals surface area contributed by atoms with Gasteiger partial charge in [-0.05, 0) is 72.2 Å². The van der Waals surface area contributed by atoms with Crippen molar-refractivity contribution in [3.8, 4) is 17.1 Å². The van der Waals surface area contributed by atoms with Crippen LogP contribution in [0.5, 0.6) is 5.75 Å². The van der Waals surface area contributed by atoms with E-state index in [1.807, 2.05) is 6.07 Å². The van der Waals surface area contributed by atoms with Gasteiger partial charge in [0.25, 0.3) is 5.91 Å². The zero-order valence-electron chi connectivity index (χ0n) is 21.4. The van der Waals surface area contributed by atoms with Crippen LogP contribution in [0.2, 0.25) is 0 Å². The minimum atomic E-state index is -1.18. The molecule has 1 atom stereocenters. The molecule has 0 saturated carbocycles. The molecule has 1 aromatic heterocycles. The van der Waals surface area contributed by atoms with E-state index < -0.39 is 11.6 Å². The minimum absolute atomic E-state index is 0.0161. The molecule has 1 fully saturated rings. The molecule has 2 aromatic carbocycles. The predicted molar refractivity (Wildman–Crippen MR) is 143 cm³/mol. The van der Waals surface area contributed by atoms with Gasteiger partial charge in [0.05, 0.1) is 17.0 Å². The van der Waals surface area contributed by atoms with Crippen molar-refractivity contribution in [1.82, 2.24) is 5.32 Å². The normalized spacial score (nSPS) is 22.6. The highest BCUT2D eigenvalue weighted by Gasteiger charge is 2.45. The molecule has 2 aliphatic heterocycles. The van der Waals surface area contributed by atoms with Gasteiger partial charge >= 0.3 is 5.97 Å². The number of carboxylic acid groups (broad SMARTS) is 1. The maximum Gasteiger partial charge on any atom is 0.371 e. The number of aliphatic imine (C=N–C) groups is 1.